The van der Waals surface area contributed by atoms with Gasteiger partial charge in [0, 0.05) is 16.8 Å². The maximum absolute atomic E-state index is 12.0. The van der Waals surface area contributed by atoms with Crippen molar-refractivity contribution >= 4 is 28.9 Å². The van der Waals surface area contributed by atoms with Crippen molar-refractivity contribution in [3.05, 3.63) is 63.7 Å². The summed E-state index contributed by atoms with van der Waals surface area (Å²) in [5, 5.41) is 14.1. The largest absolute Gasteiger partial charge is 0.474 e. The van der Waals surface area contributed by atoms with Crippen LogP contribution >= 0.6 is 11.6 Å². The van der Waals surface area contributed by atoms with Gasteiger partial charge in [-0.2, -0.15) is 0 Å². The number of amides is 1. The molecule has 0 bridgehead atoms. The Morgan fingerprint density at radius 1 is 1.23 bits per heavy atom. The van der Waals surface area contributed by atoms with Crippen LogP contribution in [-0.2, 0) is 4.79 Å². The number of ether oxygens (including phenoxy) is 1. The van der Waals surface area contributed by atoms with Crippen LogP contribution in [0.1, 0.15) is 6.92 Å². The molecular formula is C15H13ClN2O4. The number of halogens is 1. The molecule has 0 aliphatic carbocycles. The van der Waals surface area contributed by atoms with Gasteiger partial charge in [-0.3, -0.25) is 14.9 Å². The van der Waals surface area contributed by atoms with Crippen LogP contribution in [0.25, 0.3) is 0 Å². The van der Waals surface area contributed by atoms with E-state index in [-0.39, 0.29) is 11.4 Å². The lowest BCUT2D eigenvalue weighted by molar-refractivity contribution is -0.386. The second kappa shape index (κ2) is 6.91. The van der Waals surface area contributed by atoms with Crippen molar-refractivity contribution in [2.75, 3.05) is 5.32 Å². The molecule has 2 aromatic carbocycles. The molecule has 22 heavy (non-hydrogen) atoms. The number of anilines is 1. The Bertz CT molecular complexity index is 688. The number of rotatable bonds is 5. The maximum atomic E-state index is 12.0. The second-order valence-electron chi connectivity index (χ2n) is 4.48. The molecule has 1 amide bonds. The highest BCUT2D eigenvalue weighted by Gasteiger charge is 2.20. The van der Waals surface area contributed by atoms with Gasteiger partial charge in [0.15, 0.2) is 11.9 Å². The monoisotopic (exact) mass is 320 g/mol. The lowest BCUT2D eigenvalue weighted by atomic mass is 10.2. The molecule has 0 aromatic heterocycles. The fraction of sp³-hybridized carbons (Fsp3) is 0.133. The van der Waals surface area contributed by atoms with Gasteiger partial charge in [-0.25, -0.2) is 0 Å². The standard InChI is InChI=1S/C15H13ClN2O4/c1-10(15(19)17-12-8-6-11(16)7-9-12)22-14-5-3-2-4-13(14)18(20)21/h2-10H,1H3,(H,17,19). The van der Waals surface area contributed by atoms with Gasteiger partial charge in [0.05, 0.1) is 4.92 Å². The minimum Gasteiger partial charge on any atom is -0.474 e. The first kappa shape index (κ1) is 15.8. The number of nitrogens with one attached hydrogen (secondary N) is 1. The lowest BCUT2D eigenvalue weighted by Gasteiger charge is -2.14. The van der Waals surface area contributed by atoms with E-state index in [1.807, 2.05) is 0 Å². The van der Waals surface area contributed by atoms with Gasteiger partial charge in [-0.05, 0) is 37.3 Å². The molecule has 1 unspecified atom stereocenters. The summed E-state index contributed by atoms with van der Waals surface area (Å²) in [5.74, 6) is -0.369. The third kappa shape index (κ3) is 3.95. The quantitative estimate of drug-likeness (QED) is 0.673. The summed E-state index contributed by atoms with van der Waals surface area (Å²) < 4.78 is 5.38. The summed E-state index contributed by atoms with van der Waals surface area (Å²) in [6.45, 7) is 1.52. The first-order chi connectivity index (χ1) is 10.5. The lowest BCUT2D eigenvalue weighted by Crippen LogP contribution is -2.30. The van der Waals surface area contributed by atoms with Crippen molar-refractivity contribution in [2.45, 2.75) is 13.0 Å². The summed E-state index contributed by atoms with van der Waals surface area (Å²) in [4.78, 5) is 22.4. The number of nitro groups is 1. The number of hydrogen-bond acceptors (Lipinski definition) is 4. The van der Waals surface area contributed by atoms with E-state index in [0.717, 1.165) is 0 Å². The molecule has 1 N–H and O–H groups in total. The van der Waals surface area contributed by atoms with Crippen molar-refractivity contribution in [3.8, 4) is 5.75 Å². The Morgan fingerprint density at radius 3 is 2.50 bits per heavy atom. The molecule has 7 heteroatoms. The third-order valence-corrected chi connectivity index (χ3v) is 3.10. The Kier molecular flexibility index (Phi) is 4.95. The van der Waals surface area contributed by atoms with E-state index >= 15 is 0 Å². The van der Waals surface area contributed by atoms with E-state index in [2.05, 4.69) is 5.32 Å². The Balaban J connectivity index is 2.05. The first-order valence-corrected chi connectivity index (χ1v) is 6.81. The van der Waals surface area contributed by atoms with Crippen molar-refractivity contribution in [3.63, 3.8) is 0 Å². The summed E-state index contributed by atoms with van der Waals surface area (Å²) in [7, 11) is 0. The predicted molar refractivity (Wildman–Crippen MR) is 83.3 cm³/mol. The molecule has 0 radical (unpaired) electrons. The minimum absolute atomic E-state index is 0.0475. The number of nitrogens with zero attached hydrogens (tertiary/aromatic N) is 1. The number of carbonyl (C=O) groups is 1. The van der Waals surface area contributed by atoms with E-state index in [1.165, 1.54) is 25.1 Å². The van der Waals surface area contributed by atoms with Crippen molar-refractivity contribution in [1.82, 2.24) is 0 Å². The zero-order chi connectivity index (χ0) is 16.1. The zero-order valence-electron chi connectivity index (χ0n) is 11.7. The molecule has 0 saturated carbocycles. The van der Waals surface area contributed by atoms with Crippen molar-refractivity contribution in [1.29, 1.82) is 0 Å². The fourth-order valence-corrected chi connectivity index (χ4v) is 1.85. The van der Waals surface area contributed by atoms with Crippen LogP contribution in [0.3, 0.4) is 0 Å². The summed E-state index contributed by atoms with van der Waals surface area (Å²) >= 11 is 5.76. The molecule has 114 valence electrons. The highest BCUT2D eigenvalue weighted by Crippen LogP contribution is 2.27. The number of nitro benzene ring substituents is 1. The molecule has 0 aliphatic heterocycles. The van der Waals surface area contributed by atoms with Gasteiger partial charge in [0.1, 0.15) is 0 Å². The minimum atomic E-state index is -0.892. The van der Waals surface area contributed by atoms with Crippen LogP contribution < -0.4 is 10.1 Å². The van der Waals surface area contributed by atoms with Gasteiger partial charge in [0.25, 0.3) is 5.91 Å². The molecule has 2 aromatic rings. The molecule has 0 aliphatic rings. The molecule has 1 atom stereocenters. The SMILES string of the molecule is CC(Oc1ccccc1[N+](=O)[O-])C(=O)Nc1ccc(Cl)cc1. The van der Waals surface area contributed by atoms with Crippen LogP contribution in [0.5, 0.6) is 5.75 Å². The average molecular weight is 321 g/mol. The zero-order valence-corrected chi connectivity index (χ0v) is 12.4. The molecular weight excluding hydrogens is 308 g/mol. The molecule has 6 nitrogen and oxygen atoms in total. The van der Waals surface area contributed by atoms with Crippen LogP contribution in [0.2, 0.25) is 5.02 Å². The fourth-order valence-electron chi connectivity index (χ4n) is 1.73. The first-order valence-electron chi connectivity index (χ1n) is 6.44. The molecule has 0 fully saturated rings. The van der Waals surface area contributed by atoms with Crippen molar-refractivity contribution < 1.29 is 14.5 Å². The molecule has 0 heterocycles. The highest BCUT2D eigenvalue weighted by atomic mass is 35.5. The normalized spacial score (nSPS) is 11.5. The Morgan fingerprint density at radius 2 is 1.86 bits per heavy atom. The van der Waals surface area contributed by atoms with E-state index in [9.17, 15) is 14.9 Å². The van der Waals surface area contributed by atoms with Crippen LogP contribution in [0, 0.1) is 10.1 Å². The molecule has 0 spiro atoms. The van der Waals surface area contributed by atoms with E-state index in [1.54, 1.807) is 30.3 Å². The number of carbonyl (C=O) groups excluding carboxylic acids is 1. The number of hydrogen-bond donors (Lipinski definition) is 1. The van der Waals surface area contributed by atoms with Crippen LogP contribution in [-0.4, -0.2) is 16.9 Å². The summed E-state index contributed by atoms with van der Waals surface area (Å²) in [6, 6.07) is 12.5. The number of para-hydroxylation sites is 2. The number of benzene rings is 2. The highest BCUT2D eigenvalue weighted by molar-refractivity contribution is 6.30. The van der Waals surface area contributed by atoms with Gasteiger partial charge in [-0.15, -0.1) is 0 Å². The van der Waals surface area contributed by atoms with E-state index < -0.39 is 16.9 Å². The summed E-state index contributed by atoms with van der Waals surface area (Å²) in [6.07, 6.45) is -0.892. The van der Waals surface area contributed by atoms with Gasteiger partial charge in [0.2, 0.25) is 0 Å². The molecule has 2 rings (SSSR count). The maximum Gasteiger partial charge on any atom is 0.310 e. The summed E-state index contributed by atoms with van der Waals surface area (Å²) in [5.41, 5.74) is 0.376. The van der Waals surface area contributed by atoms with E-state index in [4.69, 9.17) is 16.3 Å². The van der Waals surface area contributed by atoms with Gasteiger partial charge in [-0.1, -0.05) is 23.7 Å². The van der Waals surface area contributed by atoms with E-state index in [0.29, 0.717) is 10.7 Å². The Hall–Kier alpha value is -2.60. The average Bonchev–Trinajstić information content (AvgIpc) is 2.49. The van der Waals surface area contributed by atoms with Gasteiger partial charge < -0.3 is 10.1 Å². The van der Waals surface area contributed by atoms with Crippen LogP contribution in [0.4, 0.5) is 11.4 Å². The van der Waals surface area contributed by atoms with Crippen molar-refractivity contribution in [2.24, 2.45) is 0 Å². The molecule has 0 saturated heterocycles. The smallest absolute Gasteiger partial charge is 0.310 e. The predicted octanol–water partition coefficient (Wildman–Crippen LogP) is 3.65. The second-order valence-corrected chi connectivity index (χ2v) is 4.92. The van der Waals surface area contributed by atoms with Gasteiger partial charge >= 0.3 is 5.69 Å². The Labute approximate surface area is 131 Å². The van der Waals surface area contributed by atoms with Crippen LogP contribution in [0.15, 0.2) is 48.5 Å². The third-order valence-electron chi connectivity index (χ3n) is 2.85. The topological polar surface area (TPSA) is 81.5 Å².